The number of rotatable bonds is 16. The molecule has 0 bridgehead atoms. The summed E-state index contributed by atoms with van der Waals surface area (Å²) in [7, 11) is 2.85. The predicted octanol–water partition coefficient (Wildman–Crippen LogP) is 1.99. The lowest BCUT2D eigenvalue weighted by Gasteiger charge is -2.46. The monoisotopic (exact) mass is 864 g/mol. The third kappa shape index (κ3) is 11.3. The number of hydrogen-bond acceptors (Lipinski definition) is 15. The minimum Gasteiger partial charge on any atom is -0.497 e. The van der Waals surface area contributed by atoms with E-state index in [2.05, 4.69) is 10.6 Å². The van der Waals surface area contributed by atoms with Crippen LogP contribution in [0.5, 0.6) is 23.0 Å². The van der Waals surface area contributed by atoms with E-state index in [-0.39, 0.29) is 24.3 Å². The normalized spacial score (nSPS) is 26.2. The van der Waals surface area contributed by atoms with E-state index in [1.165, 1.54) is 38.5 Å². The van der Waals surface area contributed by atoms with Crippen LogP contribution in [-0.2, 0) is 22.7 Å². The fourth-order valence-corrected chi connectivity index (χ4v) is 8.19. The zero-order valence-corrected chi connectivity index (χ0v) is 34.9. The van der Waals surface area contributed by atoms with Crippen LogP contribution in [0.4, 0.5) is 0 Å². The van der Waals surface area contributed by atoms with Gasteiger partial charge in [-0.3, -0.25) is 9.59 Å². The lowest BCUT2D eigenvalue weighted by Crippen LogP contribution is -2.66. The van der Waals surface area contributed by atoms with Gasteiger partial charge in [0.2, 0.25) is 0 Å². The fourth-order valence-electron chi connectivity index (χ4n) is 6.85. The first-order valence-corrected chi connectivity index (χ1v) is 20.5. The number of nitrogens with one attached hydrogen (secondary N) is 2. The summed E-state index contributed by atoms with van der Waals surface area (Å²) in [6.07, 6.45) is -9.12. The van der Waals surface area contributed by atoms with Gasteiger partial charge in [-0.05, 0) is 49.2 Å². The molecule has 8 N–H and O–H groups in total. The van der Waals surface area contributed by atoms with Crippen molar-refractivity contribution in [1.82, 2.24) is 10.6 Å². The van der Waals surface area contributed by atoms with E-state index in [9.17, 15) is 40.2 Å². The number of hydrogen-bond donors (Lipinski definition) is 8. The van der Waals surface area contributed by atoms with Gasteiger partial charge in [0.1, 0.15) is 83.7 Å². The van der Waals surface area contributed by atoms with Crippen LogP contribution < -0.4 is 29.6 Å². The highest BCUT2D eigenvalue weighted by molar-refractivity contribution is 8.00. The van der Waals surface area contributed by atoms with E-state index >= 15 is 0 Å². The highest BCUT2D eigenvalue weighted by Gasteiger charge is 2.51. The summed E-state index contributed by atoms with van der Waals surface area (Å²) in [6.45, 7) is 2.94. The van der Waals surface area contributed by atoms with Gasteiger partial charge < -0.3 is 69.7 Å². The molecule has 0 aliphatic carbocycles. The standard InChI is InChI=1S/C44H52N2O14S/c1-23-5-9-25(10-6-23)21-57-31-15-27(13-29(17-31)55-3)41(53)45-35-37(49)33(19-47)59-43(39(35)51)61-44-40(52)36(38(50)34(20-48)60-44)46-42(54)28-14-30(56-4)18-32(16-28)58-22-26-11-7-24(2)8-12-26/h5-18,33-40,43-44,47-52H,19-22H2,1-4H3,(H,45,53)(H,46,54)/t33-,34-,35+,36+,37+,38+,39-,40-,43?,44?/m1/s1. The van der Waals surface area contributed by atoms with Crippen LogP contribution >= 0.6 is 11.8 Å². The van der Waals surface area contributed by atoms with E-state index in [1.54, 1.807) is 12.1 Å². The largest absolute Gasteiger partial charge is 0.497 e. The molecule has 2 fully saturated rings. The third-order valence-electron chi connectivity index (χ3n) is 10.4. The van der Waals surface area contributed by atoms with Crippen molar-refractivity contribution in [3.8, 4) is 23.0 Å². The maximum absolute atomic E-state index is 13.7. The molecular formula is C44H52N2O14S. The molecule has 2 unspecified atom stereocenters. The van der Waals surface area contributed by atoms with Crippen molar-refractivity contribution >= 4 is 23.6 Å². The summed E-state index contributed by atoms with van der Waals surface area (Å²) < 4.78 is 34.3. The van der Waals surface area contributed by atoms with Crippen LogP contribution in [0.15, 0.2) is 84.9 Å². The van der Waals surface area contributed by atoms with E-state index < -0.39 is 84.6 Å². The van der Waals surface area contributed by atoms with Gasteiger partial charge in [0.05, 0.1) is 39.5 Å². The minimum absolute atomic E-state index is 0.0827. The Hall–Kier alpha value is -4.95. The molecule has 2 aliphatic rings. The van der Waals surface area contributed by atoms with E-state index in [0.717, 1.165) is 22.3 Å². The van der Waals surface area contributed by atoms with Crippen molar-refractivity contribution in [2.75, 3.05) is 27.4 Å². The SMILES string of the molecule is COc1cc(OCc2ccc(C)cc2)cc(C(=O)N[C@H]2[C@@H](O)[C@@H](CO)OC(SC3O[C@H](CO)[C@H](O)[C@H](NC(=O)c4cc(OC)cc(OCc5ccc(C)cc5)c4)[C@H]3O)[C@@H]2O)c1. The molecule has 2 amide bonds. The summed E-state index contributed by atoms with van der Waals surface area (Å²) >= 11 is 0.710. The Balaban J connectivity index is 1.15. The summed E-state index contributed by atoms with van der Waals surface area (Å²) in [5.74, 6) is -0.167. The minimum atomic E-state index is -1.66. The number of amides is 2. The van der Waals surface area contributed by atoms with Crippen LogP contribution in [-0.4, -0.2) is 129 Å². The highest BCUT2D eigenvalue weighted by atomic mass is 32.2. The van der Waals surface area contributed by atoms with Crippen LogP contribution in [0, 0.1) is 13.8 Å². The molecule has 0 saturated carbocycles. The number of methoxy groups -OCH3 is 2. The van der Waals surface area contributed by atoms with Crippen molar-refractivity contribution in [1.29, 1.82) is 0 Å². The van der Waals surface area contributed by atoms with Crippen molar-refractivity contribution in [2.24, 2.45) is 0 Å². The van der Waals surface area contributed by atoms with Gasteiger partial charge in [-0.2, -0.15) is 0 Å². The van der Waals surface area contributed by atoms with Gasteiger partial charge in [0, 0.05) is 23.3 Å². The number of carbonyl (C=O) groups excluding carboxylic acids is 2. The Morgan fingerprint density at radius 1 is 0.574 bits per heavy atom. The lowest BCUT2D eigenvalue weighted by atomic mass is 9.96. The smallest absolute Gasteiger partial charge is 0.251 e. The molecule has 2 saturated heterocycles. The maximum atomic E-state index is 13.7. The van der Waals surface area contributed by atoms with Gasteiger partial charge >= 0.3 is 0 Å². The molecule has 0 radical (unpaired) electrons. The second-order valence-corrected chi connectivity index (χ2v) is 16.1. The molecule has 16 nitrogen and oxygen atoms in total. The van der Waals surface area contributed by atoms with Crippen LogP contribution in [0.25, 0.3) is 0 Å². The Labute approximate surface area is 357 Å². The zero-order valence-electron chi connectivity index (χ0n) is 34.0. The molecule has 328 valence electrons. The van der Waals surface area contributed by atoms with E-state index in [1.807, 2.05) is 62.4 Å². The molecule has 61 heavy (non-hydrogen) atoms. The Morgan fingerprint density at radius 3 is 1.28 bits per heavy atom. The number of aryl methyl sites for hydroxylation is 2. The van der Waals surface area contributed by atoms with Crippen molar-refractivity contribution in [2.45, 2.75) is 86.6 Å². The third-order valence-corrected chi connectivity index (χ3v) is 11.8. The van der Waals surface area contributed by atoms with Crippen LogP contribution in [0.2, 0.25) is 0 Å². The molecule has 4 aromatic rings. The van der Waals surface area contributed by atoms with Gasteiger partial charge in [-0.1, -0.05) is 71.4 Å². The lowest BCUT2D eigenvalue weighted by molar-refractivity contribution is -0.175. The first-order chi connectivity index (χ1) is 29.3. The van der Waals surface area contributed by atoms with Crippen LogP contribution in [0.1, 0.15) is 43.0 Å². The highest BCUT2D eigenvalue weighted by Crippen LogP contribution is 2.37. The second-order valence-electron chi connectivity index (χ2n) is 14.9. The summed E-state index contributed by atoms with van der Waals surface area (Å²) in [6, 6.07) is 21.7. The van der Waals surface area contributed by atoms with Gasteiger partial charge in [-0.25, -0.2) is 0 Å². The molecule has 0 spiro atoms. The maximum Gasteiger partial charge on any atom is 0.251 e. The topological polar surface area (TPSA) is 235 Å². The Bertz CT molecular complexity index is 1940. The predicted molar refractivity (Wildman–Crippen MR) is 223 cm³/mol. The fraction of sp³-hybridized carbons (Fsp3) is 0.409. The van der Waals surface area contributed by atoms with Crippen molar-refractivity contribution in [3.05, 3.63) is 118 Å². The zero-order chi connectivity index (χ0) is 43.8. The molecule has 6 rings (SSSR count). The van der Waals surface area contributed by atoms with E-state index in [0.29, 0.717) is 34.8 Å². The van der Waals surface area contributed by atoms with Gasteiger partial charge in [0.25, 0.3) is 11.8 Å². The number of aliphatic hydroxyl groups is 6. The quantitative estimate of drug-likeness (QED) is 0.0805. The first kappa shape index (κ1) is 45.6. The van der Waals surface area contributed by atoms with Crippen LogP contribution in [0.3, 0.4) is 0 Å². The number of aliphatic hydroxyl groups excluding tert-OH is 6. The summed E-state index contributed by atoms with van der Waals surface area (Å²) in [4.78, 5) is 27.4. The number of thioether (sulfide) groups is 1. The van der Waals surface area contributed by atoms with Gasteiger partial charge in [-0.15, -0.1) is 0 Å². The molecular weight excluding hydrogens is 813 g/mol. The molecule has 2 aliphatic heterocycles. The molecule has 4 aromatic carbocycles. The van der Waals surface area contributed by atoms with Gasteiger partial charge in [0.15, 0.2) is 0 Å². The van der Waals surface area contributed by atoms with E-state index in [4.69, 9.17) is 28.4 Å². The molecule has 0 aromatic heterocycles. The average molecular weight is 865 g/mol. The molecule has 17 heteroatoms. The number of ether oxygens (including phenoxy) is 6. The number of carbonyl (C=O) groups is 2. The Morgan fingerprint density at radius 2 is 0.934 bits per heavy atom. The number of benzene rings is 4. The second kappa shape index (κ2) is 20.7. The average Bonchev–Trinajstić information content (AvgIpc) is 3.27. The first-order valence-electron chi connectivity index (χ1n) is 19.6. The summed E-state index contributed by atoms with van der Waals surface area (Å²) in [5, 5.41) is 71.0. The molecule has 2 heterocycles. The van der Waals surface area contributed by atoms with Crippen molar-refractivity contribution < 1.29 is 68.6 Å². The summed E-state index contributed by atoms with van der Waals surface area (Å²) in [5.41, 5.74) is 1.43. The molecule has 10 atom stereocenters. The Kier molecular flexibility index (Phi) is 15.5. The van der Waals surface area contributed by atoms with Crippen molar-refractivity contribution in [3.63, 3.8) is 0 Å².